The number of fused-ring (bicyclic) bond motifs is 1. The molecule has 0 unspecified atom stereocenters. The van der Waals surface area contributed by atoms with Gasteiger partial charge in [-0.1, -0.05) is 18.2 Å². The molecule has 3 rings (SSSR count). The van der Waals surface area contributed by atoms with E-state index in [4.69, 9.17) is 9.15 Å². The molecule has 0 aliphatic rings. The minimum Gasteiger partial charge on any atom is -0.497 e. The molecule has 0 radical (unpaired) electrons. The van der Waals surface area contributed by atoms with E-state index in [9.17, 15) is 4.79 Å². The van der Waals surface area contributed by atoms with Crippen LogP contribution in [0.5, 0.6) is 5.75 Å². The van der Waals surface area contributed by atoms with Crippen LogP contribution >= 0.6 is 0 Å². The van der Waals surface area contributed by atoms with Crippen LogP contribution in [0, 0.1) is 6.92 Å². The van der Waals surface area contributed by atoms with Crippen molar-refractivity contribution >= 4 is 16.8 Å². The molecule has 2 aromatic carbocycles. The molecule has 100 valence electrons. The van der Waals surface area contributed by atoms with E-state index < -0.39 is 0 Å². The van der Waals surface area contributed by atoms with Gasteiger partial charge in [-0.3, -0.25) is 4.79 Å². The maximum Gasteiger partial charge on any atom is 0.228 e. The lowest BCUT2D eigenvalue weighted by Gasteiger charge is -2.01. The lowest BCUT2D eigenvalue weighted by molar-refractivity contribution is 0.101. The fourth-order valence-corrected chi connectivity index (χ4v) is 2.26. The first-order chi connectivity index (χ1) is 9.70. The lowest BCUT2D eigenvalue weighted by Crippen LogP contribution is -2.01. The summed E-state index contributed by atoms with van der Waals surface area (Å²) < 4.78 is 10.8. The Bertz CT molecular complexity index is 767. The molecule has 0 aliphatic carbocycles. The highest BCUT2D eigenvalue weighted by Gasteiger charge is 2.18. The highest BCUT2D eigenvalue weighted by molar-refractivity contribution is 6.10. The number of hydrogen-bond donors (Lipinski definition) is 0. The molecule has 0 fully saturated rings. The molecule has 1 heterocycles. The molecule has 0 spiro atoms. The van der Waals surface area contributed by atoms with Crippen LogP contribution < -0.4 is 4.74 Å². The van der Waals surface area contributed by atoms with Gasteiger partial charge in [-0.15, -0.1) is 0 Å². The van der Waals surface area contributed by atoms with E-state index in [2.05, 4.69) is 0 Å². The van der Waals surface area contributed by atoms with E-state index in [-0.39, 0.29) is 5.78 Å². The van der Waals surface area contributed by atoms with Gasteiger partial charge >= 0.3 is 0 Å². The Hall–Kier alpha value is -2.55. The second kappa shape index (κ2) is 4.85. The molecule has 1 aromatic heterocycles. The van der Waals surface area contributed by atoms with Crippen molar-refractivity contribution in [1.29, 1.82) is 0 Å². The zero-order valence-corrected chi connectivity index (χ0v) is 11.3. The summed E-state index contributed by atoms with van der Waals surface area (Å²) >= 11 is 0. The van der Waals surface area contributed by atoms with E-state index in [0.29, 0.717) is 11.3 Å². The number of furan rings is 1. The Morgan fingerprint density at radius 2 is 1.75 bits per heavy atom. The third-order valence-corrected chi connectivity index (χ3v) is 3.40. The van der Waals surface area contributed by atoms with Crippen LogP contribution in [-0.2, 0) is 0 Å². The number of carbonyl (C=O) groups excluding carboxylic acids is 1. The Balaban J connectivity index is 2.05. The summed E-state index contributed by atoms with van der Waals surface area (Å²) in [6.45, 7) is 1.91. The van der Waals surface area contributed by atoms with Gasteiger partial charge in [-0.25, -0.2) is 0 Å². The van der Waals surface area contributed by atoms with Gasteiger partial charge in [-0.2, -0.15) is 0 Å². The van der Waals surface area contributed by atoms with Crippen molar-refractivity contribution in [2.75, 3.05) is 7.11 Å². The smallest absolute Gasteiger partial charge is 0.228 e. The SMILES string of the molecule is COc1ccc(C(=O)c2oc3ccccc3c2C)cc1. The van der Waals surface area contributed by atoms with Crippen molar-refractivity contribution in [1.82, 2.24) is 0 Å². The fraction of sp³-hybridized carbons (Fsp3) is 0.118. The largest absolute Gasteiger partial charge is 0.497 e. The van der Waals surface area contributed by atoms with Gasteiger partial charge in [-0.05, 0) is 37.3 Å². The molecule has 3 aromatic rings. The standard InChI is InChI=1S/C17H14O3/c1-11-14-5-3-4-6-15(14)20-17(11)16(18)12-7-9-13(19-2)10-8-12/h3-10H,1-2H3. The minimum absolute atomic E-state index is 0.110. The Labute approximate surface area is 116 Å². The highest BCUT2D eigenvalue weighted by Crippen LogP contribution is 2.27. The number of methoxy groups -OCH3 is 1. The van der Waals surface area contributed by atoms with Crippen molar-refractivity contribution in [3.63, 3.8) is 0 Å². The summed E-state index contributed by atoms with van der Waals surface area (Å²) in [7, 11) is 1.60. The number of benzene rings is 2. The van der Waals surface area contributed by atoms with Crippen LogP contribution in [0.3, 0.4) is 0 Å². The normalized spacial score (nSPS) is 10.7. The van der Waals surface area contributed by atoms with Gasteiger partial charge in [0.2, 0.25) is 5.78 Å². The maximum absolute atomic E-state index is 12.5. The summed E-state index contributed by atoms with van der Waals surface area (Å²) in [5.41, 5.74) is 2.20. The molecular formula is C17H14O3. The zero-order valence-electron chi connectivity index (χ0n) is 11.3. The zero-order chi connectivity index (χ0) is 14.1. The van der Waals surface area contributed by atoms with Crippen LogP contribution in [0.4, 0.5) is 0 Å². The molecule has 0 bridgehead atoms. The number of hydrogen-bond acceptors (Lipinski definition) is 3. The molecule has 0 atom stereocenters. The second-order valence-electron chi connectivity index (χ2n) is 4.61. The van der Waals surface area contributed by atoms with Crippen LogP contribution in [-0.4, -0.2) is 12.9 Å². The summed E-state index contributed by atoms with van der Waals surface area (Å²) in [4.78, 5) is 12.5. The number of ketones is 1. The monoisotopic (exact) mass is 266 g/mol. The summed E-state index contributed by atoms with van der Waals surface area (Å²) in [6.07, 6.45) is 0. The Morgan fingerprint density at radius 1 is 1.05 bits per heavy atom. The van der Waals surface area contributed by atoms with Crippen molar-refractivity contribution in [3.8, 4) is 5.75 Å². The average Bonchev–Trinajstić information content (AvgIpc) is 2.84. The molecule has 3 heteroatoms. The number of rotatable bonds is 3. The lowest BCUT2D eigenvalue weighted by atomic mass is 10.0. The molecule has 20 heavy (non-hydrogen) atoms. The fourth-order valence-electron chi connectivity index (χ4n) is 2.26. The molecule has 0 aliphatic heterocycles. The van der Waals surface area contributed by atoms with Gasteiger partial charge in [0.05, 0.1) is 7.11 Å². The molecule has 3 nitrogen and oxygen atoms in total. The molecule has 0 amide bonds. The molecule has 0 saturated carbocycles. The van der Waals surface area contributed by atoms with Crippen LogP contribution in [0.1, 0.15) is 21.7 Å². The van der Waals surface area contributed by atoms with Gasteiger partial charge in [0.25, 0.3) is 0 Å². The Morgan fingerprint density at radius 3 is 2.40 bits per heavy atom. The van der Waals surface area contributed by atoms with E-state index in [1.54, 1.807) is 31.4 Å². The van der Waals surface area contributed by atoms with E-state index in [0.717, 1.165) is 22.3 Å². The van der Waals surface area contributed by atoms with Crippen molar-refractivity contribution in [3.05, 3.63) is 65.4 Å². The first kappa shape index (κ1) is 12.5. The third-order valence-electron chi connectivity index (χ3n) is 3.40. The maximum atomic E-state index is 12.5. The predicted molar refractivity (Wildman–Crippen MR) is 77.4 cm³/mol. The summed E-state index contributed by atoms with van der Waals surface area (Å²) in [6, 6.07) is 14.7. The number of ether oxygens (including phenoxy) is 1. The number of para-hydroxylation sites is 1. The van der Waals surface area contributed by atoms with Crippen LogP contribution in [0.15, 0.2) is 52.9 Å². The minimum atomic E-state index is -0.110. The van der Waals surface area contributed by atoms with E-state index in [1.165, 1.54) is 0 Å². The topological polar surface area (TPSA) is 39.4 Å². The summed E-state index contributed by atoms with van der Waals surface area (Å²) in [5, 5.41) is 0.976. The number of aryl methyl sites for hydroxylation is 1. The third kappa shape index (κ3) is 1.97. The van der Waals surface area contributed by atoms with Gasteiger partial charge in [0.1, 0.15) is 11.3 Å². The highest BCUT2D eigenvalue weighted by atomic mass is 16.5. The van der Waals surface area contributed by atoms with Crippen molar-refractivity contribution < 1.29 is 13.9 Å². The number of carbonyl (C=O) groups is 1. The molecule has 0 N–H and O–H groups in total. The van der Waals surface area contributed by atoms with Gasteiger partial charge in [0, 0.05) is 16.5 Å². The van der Waals surface area contributed by atoms with Crippen LogP contribution in [0.25, 0.3) is 11.0 Å². The summed E-state index contributed by atoms with van der Waals surface area (Å²) in [5.74, 6) is 1.01. The second-order valence-corrected chi connectivity index (χ2v) is 4.61. The molecule has 0 saturated heterocycles. The quantitative estimate of drug-likeness (QED) is 0.673. The van der Waals surface area contributed by atoms with E-state index >= 15 is 0 Å². The van der Waals surface area contributed by atoms with E-state index in [1.807, 2.05) is 31.2 Å². The van der Waals surface area contributed by atoms with Crippen molar-refractivity contribution in [2.45, 2.75) is 6.92 Å². The van der Waals surface area contributed by atoms with Gasteiger partial charge in [0.15, 0.2) is 5.76 Å². The molecular weight excluding hydrogens is 252 g/mol. The van der Waals surface area contributed by atoms with Crippen LogP contribution in [0.2, 0.25) is 0 Å². The first-order valence-electron chi connectivity index (χ1n) is 6.37. The van der Waals surface area contributed by atoms with Gasteiger partial charge < -0.3 is 9.15 Å². The van der Waals surface area contributed by atoms with Crippen molar-refractivity contribution in [2.24, 2.45) is 0 Å². The predicted octanol–water partition coefficient (Wildman–Crippen LogP) is 3.98. The first-order valence-corrected chi connectivity index (χ1v) is 6.37. The Kier molecular flexibility index (Phi) is 3.03. The average molecular weight is 266 g/mol.